The zero-order valence-corrected chi connectivity index (χ0v) is 18.5. The van der Waals surface area contributed by atoms with Crippen LogP contribution in [0.3, 0.4) is 0 Å². The summed E-state index contributed by atoms with van der Waals surface area (Å²) >= 11 is 0. The zero-order chi connectivity index (χ0) is 22.5. The SMILES string of the molecule is Cc1cc(C)cc(NC(=O)C(=O)NCC(c2cccnc2)N2CCc3ccccc3C2)c1. The van der Waals surface area contributed by atoms with Gasteiger partial charge in [-0.1, -0.05) is 36.4 Å². The molecule has 0 saturated carbocycles. The third kappa shape index (κ3) is 5.21. The van der Waals surface area contributed by atoms with E-state index in [0.29, 0.717) is 12.2 Å². The Bertz CT molecular complexity index is 1090. The van der Waals surface area contributed by atoms with E-state index in [1.165, 1.54) is 11.1 Å². The second-order valence-corrected chi connectivity index (χ2v) is 8.33. The number of rotatable bonds is 5. The van der Waals surface area contributed by atoms with Gasteiger partial charge >= 0.3 is 11.8 Å². The lowest BCUT2D eigenvalue weighted by Gasteiger charge is -2.35. The summed E-state index contributed by atoms with van der Waals surface area (Å²) in [7, 11) is 0. The maximum Gasteiger partial charge on any atom is 0.313 e. The first kappa shape index (κ1) is 21.7. The highest BCUT2D eigenvalue weighted by molar-refractivity contribution is 6.39. The van der Waals surface area contributed by atoms with Gasteiger partial charge < -0.3 is 10.6 Å². The first-order chi connectivity index (χ1) is 15.5. The van der Waals surface area contributed by atoms with Crippen LogP contribution in [0.5, 0.6) is 0 Å². The summed E-state index contributed by atoms with van der Waals surface area (Å²) in [5.41, 5.74) is 6.36. The topological polar surface area (TPSA) is 74.3 Å². The lowest BCUT2D eigenvalue weighted by atomic mass is 9.97. The number of amides is 2. The van der Waals surface area contributed by atoms with Gasteiger partial charge in [0.05, 0.1) is 6.04 Å². The van der Waals surface area contributed by atoms with Crippen LogP contribution in [-0.2, 0) is 22.6 Å². The molecule has 4 rings (SSSR count). The van der Waals surface area contributed by atoms with E-state index < -0.39 is 11.8 Å². The molecule has 2 amide bonds. The molecule has 1 aliphatic heterocycles. The van der Waals surface area contributed by atoms with Gasteiger partial charge in [-0.05, 0) is 66.3 Å². The molecule has 164 valence electrons. The molecule has 2 aromatic carbocycles. The lowest BCUT2D eigenvalue weighted by Crippen LogP contribution is -2.43. The van der Waals surface area contributed by atoms with Crippen LogP contribution in [0.1, 0.15) is 33.9 Å². The fourth-order valence-electron chi connectivity index (χ4n) is 4.32. The van der Waals surface area contributed by atoms with Gasteiger partial charge in [0.25, 0.3) is 0 Å². The Labute approximate surface area is 188 Å². The molecule has 0 radical (unpaired) electrons. The molecule has 2 heterocycles. The molecule has 1 atom stereocenters. The van der Waals surface area contributed by atoms with E-state index in [0.717, 1.165) is 36.2 Å². The van der Waals surface area contributed by atoms with E-state index >= 15 is 0 Å². The number of benzene rings is 2. The molecular weight excluding hydrogens is 400 g/mol. The number of fused-ring (bicyclic) bond motifs is 1. The highest BCUT2D eigenvalue weighted by Crippen LogP contribution is 2.27. The first-order valence-electron chi connectivity index (χ1n) is 10.9. The van der Waals surface area contributed by atoms with Crippen LogP contribution in [0.25, 0.3) is 0 Å². The van der Waals surface area contributed by atoms with Crippen LogP contribution in [0, 0.1) is 13.8 Å². The first-order valence-corrected chi connectivity index (χ1v) is 10.9. The molecule has 0 aliphatic carbocycles. The molecule has 0 bridgehead atoms. The Kier molecular flexibility index (Phi) is 6.61. The summed E-state index contributed by atoms with van der Waals surface area (Å²) in [4.78, 5) is 31.6. The van der Waals surface area contributed by atoms with Crippen LogP contribution >= 0.6 is 0 Å². The van der Waals surface area contributed by atoms with Gasteiger partial charge in [-0.15, -0.1) is 0 Å². The number of nitrogens with zero attached hydrogens (tertiary/aromatic N) is 2. The van der Waals surface area contributed by atoms with Crippen molar-refractivity contribution in [1.29, 1.82) is 0 Å². The van der Waals surface area contributed by atoms with Gasteiger partial charge in [0, 0.05) is 37.7 Å². The third-order valence-corrected chi connectivity index (χ3v) is 5.81. The molecule has 1 aliphatic rings. The maximum atomic E-state index is 12.6. The quantitative estimate of drug-likeness (QED) is 0.610. The van der Waals surface area contributed by atoms with Crippen molar-refractivity contribution < 1.29 is 9.59 Å². The minimum atomic E-state index is -0.663. The number of hydrogen-bond acceptors (Lipinski definition) is 4. The summed E-state index contributed by atoms with van der Waals surface area (Å²) in [6.07, 6.45) is 4.52. The van der Waals surface area contributed by atoms with Crippen molar-refractivity contribution in [2.75, 3.05) is 18.4 Å². The number of aromatic nitrogens is 1. The van der Waals surface area contributed by atoms with Crippen molar-refractivity contribution in [1.82, 2.24) is 15.2 Å². The van der Waals surface area contributed by atoms with Crippen LogP contribution in [0.15, 0.2) is 67.0 Å². The zero-order valence-electron chi connectivity index (χ0n) is 18.5. The molecule has 1 aromatic heterocycles. The molecule has 0 spiro atoms. The monoisotopic (exact) mass is 428 g/mol. The Hall–Kier alpha value is -3.51. The number of aryl methyl sites for hydroxylation is 2. The van der Waals surface area contributed by atoms with Gasteiger partial charge in [0.2, 0.25) is 0 Å². The molecule has 2 N–H and O–H groups in total. The van der Waals surface area contributed by atoms with Crippen molar-refractivity contribution in [2.45, 2.75) is 32.9 Å². The molecule has 6 heteroatoms. The smallest absolute Gasteiger partial charge is 0.313 e. The molecular formula is C26H28N4O2. The summed E-state index contributed by atoms with van der Waals surface area (Å²) < 4.78 is 0. The largest absolute Gasteiger partial charge is 0.346 e. The summed E-state index contributed by atoms with van der Waals surface area (Å²) in [5.74, 6) is -1.31. The number of carbonyl (C=O) groups is 2. The predicted molar refractivity (Wildman–Crippen MR) is 125 cm³/mol. The van der Waals surface area contributed by atoms with Crippen molar-refractivity contribution in [3.63, 3.8) is 0 Å². The average Bonchev–Trinajstić information content (AvgIpc) is 2.79. The van der Waals surface area contributed by atoms with E-state index in [4.69, 9.17) is 0 Å². The average molecular weight is 429 g/mol. The van der Waals surface area contributed by atoms with E-state index in [-0.39, 0.29) is 6.04 Å². The van der Waals surface area contributed by atoms with Crippen LogP contribution in [0.4, 0.5) is 5.69 Å². The number of carbonyl (C=O) groups excluding carboxylic acids is 2. The second-order valence-electron chi connectivity index (χ2n) is 8.33. The molecule has 0 saturated heterocycles. The highest BCUT2D eigenvalue weighted by atomic mass is 16.2. The minimum absolute atomic E-state index is 0.0741. The highest BCUT2D eigenvalue weighted by Gasteiger charge is 2.26. The molecule has 1 unspecified atom stereocenters. The van der Waals surface area contributed by atoms with Crippen LogP contribution in [-0.4, -0.2) is 34.8 Å². The van der Waals surface area contributed by atoms with Crippen molar-refractivity contribution in [2.24, 2.45) is 0 Å². The second kappa shape index (κ2) is 9.75. The Morgan fingerprint density at radius 1 is 1.00 bits per heavy atom. The maximum absolute atomic E-state index is 12.6. The normalized spacial score (nSPS) is 14.3. The van der Waals surface area contributed by atoms with E-state index in [1.54, 1.807) is 6.20 Å². The number of nitrogens with one attached hydrogen (secondary N) is 2. The molecule has 6 nitrogen and oxygen atoms in total. The summed E-state index contributed by atoms with van der Waals surface area (Å²) in [5, 5.41) is 5.53. The molecule has 0 fully saturated rings. The van der Waals surface area contributed by atoms with Crippen LogP contribution in [0.2, 0.25) is 0 Å². The van der Waals surface area contributed by atoms with E-state index in [1.807, 2.05) is 50.4 Å². The number of pyridine rings is 1. The summed E-state index contributed by atoms with van der Waals surface area (Å²) in [6, 6.07) is 18.0. The van der Waals surface area contributed by atoms with Gasteiger partial charge in [-0.3, -0.25) is 19.5 Å². The van der Waals surface area contributed by atoms with Crippen molar-refractivity contribution in [3.8, 4) is 0 Å². The van der Waals surface area contributed by atoms with Gasteiger partial charge in [-0.2, -0.15) is 0 Å². The molecule has 32 heavy (non-hydrogen) atoms. The van der Waals surface area contributed by atoms with Gasteiger partial charge in [0.1, 0.15) is 0 Å². The molecule has 3 aromatic rings. The number of hydrogen-bond donors (Lipinski definition) is 2. The minimum Gasteiger partial charge on any atom is -0.346 e. The van der Waals surface area contributed by atoms with Crippen molar-refractivity contribution >= 4 is 17.5 Å². The predicted octanol–water partition coefficient (Wildman–Crippen LogP) is 3.55. The Balaban J connectivity index is 1.45. The lowest BCUT2D eigenvalue weighted by molar-refractivity contribution is -0.136. The fraction of sp³-hybridized carbons (Fsp3) is 0.269. The standard InChI is InChI=1S/C26H28N4O2/c1-18-12-19(2)14-23(13-18)29-26(32)25(31)28-16-24(21-8-5-10-27-15-21)30-11-9-20-6-3-4-7-22(20)17-30/h3-8,10,12-15,24H,9,11,16-17H2,1-2H3,(H,28,31)(H,29,32). The van der Waals surface area contributed by atoms with Crippen LogP contribution < -0.4 is 10.6 Å². The summed E-state index contributed by atoms with van der Waals surface area (Å²) in [6.45, 7) is 5.91. The number of anilines is 1. The van der Waals surface area contributed by atoms with E-state index in [2.05, 4.69) is 44.8 Å². The fourth-order valence-corrected chi connectivity index (χ4v) is 4.32. The van der Waals surface area contributed by atoms with Gasteiger partial charge in [-0.25, -0.2) is 0 Å². The van der Waals surface area contributed by atoms with E-state index in [9.17, 15) is 9.59 Å². The third-order valence-electron chi connectivity index (χ3n) is 5.81. The Morgan fingerprint density at radius 3 is 2.47 bits per heavy atom. The Morgan fingerprint density at radius 2 is 1.75 bits per heavy atom. The van der Waals surface area contributed by atoms with Gasteiger partial charge in [0.15, 0.2) is 0 Å². The van der Waals surface area contributed by atoms with Crippen molar-refractivity contribution in [3.05, 3.63) is 94.8 Å².